The molecule has 1 atom stereocenters. The Labute approximate surface area is 80.2 Å². The second-order valence-electron chi connectivity index (χ2n) is 4.15. The standard InChI is InChI=1S/C10H20N2O/c1-5-13-6-2-9(1)7-10-8-11-3-4-12-10/h9-12H,1-8H2/t10-/m1/s1. The highest BCUT2D eigenvalue weighted by atomic mass is 16.5. The van der Waals surface area contributed by atoms with Crippen LogP contribution in [-0.2, 0) is 4.74 Å². The van der Waals surface area contributed by atoms with Crippen molar-refractivity contribution in [1.82, 2.24) is 10.6 Å². The topological polar surface area (TPSA) is 33.3 Å². The van der Waals surface area contributed by atoms with Crippen LogP contribution < -0.4 is 10.6 Å². The van der Waals surface area contributed by atoms with Gasteiger partial charge in [0.1, 0.15) is 0 Å². The van der Waals surface area contributed by atoms with Gasteiger partial charge in [-0.2, -0.15) is 0 Å². The first-order valence-corrected chi connectivity index (χ1v) is 5.47. The van der Waals surface area contributed by atoms with Gasteiger partial charge in [0.05, 0.1) is 0 Å². The lowest BCUT2D eigenvalue weighted by atomic mass is 9.92. The summed E-state index contributed by atoms with van der Waals surface area (Å²) in [5, 5.41) is 6.99. The molecule has 0 aromatic rings. The third kappa shape index (κ3) is 2.93. The van der Waals surface area contributed by atoms with Gasteiger partial charge in [0.15, 0.2) is 0 Å². The van der Waals surface area contributed by atoms with E-state index in [4.69, 9.17) is 4.74 Å². The Kier molecular flexibility index (Phi) is 3.58. The van der Waals surface area contributed by atoms with Gasteiger partial charge in [-0.25, -0.2) is 0 Å². The van der Waals surface area contributed by atoms with Crippen molar-refractivity contribution in [3.8, 4) is 0 Å². The van der Waals surface area contributed by atoms with E-state index >= 15 is 0 Å². The van der Waals surface area contributed by atoms with E-state index in [-0.39, 0.29) is 0 Å². The first kappa shape index (κ1) is 9.44. The molecule has 2 heterocycles. The van der Waals surface area contributed by atoms with Crippen molar-refractivity contribution < 1.29 is 4.74 Å². The summed E-state index contributed by atoms with van der Waals surface area (Å²) < 4.78 is 5.35. The molecule has 0 radical (unpaired) electrons. The van der Waals surface area contributed by atoms with Gasteiger partial charge in [-0.05, 0) is 25.2 Å². The van der Waals surface area contributed by atoms with Crippen molar-refractivity contribution >= 4 is 0 Å². The highest BCUT2D eigenvalue weighted by molar-refractivity contribution is 4.79. The molecule has 0 saturated carbocycles. The summed E-state index contributed by atoms with van der Waals surface area (Å²) in [6.07, 6.45) is 3.85. The molecular formula is C10H20N2O. The number of rotatable bonds is 2. The van der Waals surface area contributed by atoms with Gasteiger partial charge in [-0.1, -0.05) is 0 Å². The molecule has 13 heavy (non-hydrogen) atoms. The summed E-state index contributed by atoms with van der Waals surface area (Å²) >= 11 is 0. The first-order chi connectivity index (χ1) is 6.45. The molecule has 0 spiro atoms. The van der Waals surface area contributed by atoms with Gasteiger partial charge in [0.2, 0.25) is 0 Å². The number of piperazine rings is 1. The number of ether oxygens (including phenoxy) is 1. The lowest BCUT2D eigenvalue weighted by Crippen LogP contribution is -2.49. The molecule has 2 aliphatic rings. The van der Waals surface area contributed by atoms with Crippen LogP contribution in [0, 0.1) is 5.92 Å². The maximum atomic E-state index is 5.35. The van der Waals surface area contributed by atoms with Crippen molar-refractivity contribution in [3.63, 3.8) is 0 Å². The van der Waals surface area contributed by atoms with E-state index in [0.29, 0.717) is 6.04 Å². The van der Waals surface area contributed by atoms with Crippen LogP contribution in [-0.4, -0.2) is 38.9 Å². The summed E-state index contributed by atoms with van der Waals surface area (Å²) in [5.41, 5.74) is 0. The summed E-state index contributed by atoms with van der Waals surface area (Å²) in [5.74, 6) is 0.895. The molecule has 0 bridgehead atoms. The minimum Gasteiger partial charge on any atom is -0.381 e. The summed E-state index contributed by atoms with van der Waals surface area (Å²) in [6, 6.07) is 0.705. The predicted molar refractivity (Wildman–Crippen MR) is 52.8 cm³/mol. The zero-order valence-corrected chi connectivity index (χ0v) is 8.22. The van der Waals surface area contributed by atoms with Crippen molar-refractivity contribution in [3.05, 3.63) is 0 Å². The fourth-order valence-corrected chi connectivity index (χ4v) is 2.26. The van der Waals surface area contributed by atoms with Crippen LogP contribution in [0.25, 0.3) is 0 Å². The van der Waals surface area contributed by atoms with E-state index < -0.39 is 0 Å². The Morgan fingerprint density at radius 3 is 2.69 bits per heavy atom. The van der Waals surface area contributed by atoms with E-state index in [1.165, 1.54) is 19.3 Å². The van der Waals surface area contributed by atoms with Gasteiger partial charge in [0.25, 0.3) is 0 Å². The van der Waals surface area contributed by atoms with E-state index in [0.717, 1.165) is 38.8 Å². The summed E-state index contributed by atoms with van der Waals surface area (Å²) in [6.45, 7) is 5.37. The summed E-state index contributed by atoms with van der Waals surface area (Å²) in [7, 11) is 0. The molecule has 3 heteroatoms. The van der Waals surface area contributed by atoms with Crippen molar-refractivity contribution in [2.75, 3.05) is 32.8 Å². The van der Waals surface area contributed by atoms with Crippen LogP contribution in [0.4, 0.5) is 0 Å². The number of hydrogen-bond donors (Lipinski definition) is 2. The molecular weight excluding hydrogens is 164 g/mol. The highest BCUT2D eigenvalue weighted by Crippen LogP contribution is 2.20. The molecule has 3 nitrogen and oxygen atoms in total. The zero-order valence-electron chi connectivity index (χ0n) is 8.22. The molecule has 2 saturated heterocycles. The molecule has 0 aromatic heterocycles. The summed E-state index contributed by atoms with van der Waals surface area (Å²) in [4.78, 5) is 0. The minimum atomic E-state index is 0.705. The lowest BCUT2D eigenvalue weighted by molar-refractivity contribution is 0.0600. The quantitative estimate of drug-likeness (QED) is 0.650. The van der Waals surface area contributed by atoms with Crippen LogP contribution in [0.1, 0.15) is 19.3 Å². The first-order valence-electron chi connectivity index (χ1n) is 5.47. The third-order valence-corrected chi connectivity index (χ3v) is 3.08. The highest BCUT2D eigenvalue weighted by Gasteiger charge is 2.20. The van der Waals surface area contributed by atoms with Gasteiger partial charge in [0, 0.05) is 38.9 Å². The minimum absolute atomic E-state index is 0.705. The Morgan fingerprint density at radius 1 is 1.15 bits per heavy atom. The number of nitrogens with one attached hydrogen (secondary N) is 2. The molecule has 76 valence electrons. The smallest absolute Gasteiger partial charge is 0.0468 e. The lowest BCUT2D eigenvalue weighted by Gasteiger charge is -2.30. The maximum absolute atomic E-state index is 5.35. The number of hydrogen-bond acceptors (Lipinski definition) is 3. The van der Waals surface area contributed by atoms with Crippen LogP contribution >= 0.6 is 0 Å². The monoisotopic (exact) mass is 184 g/mol. The van der Waals surface area contributed by atoms with Crippen LogP contribution in [0.15, 0.2) is 0 Å². The van der Waals surface area contributed by atoms with Crippen LogP contribution in [0.2, 0.25) is 0 Å². The second kappa shape index (κ2) is 4.94. The van der Waals surface area contributed by atoms with E-state index in [1.807, 2.05) is 0 Å². The zero-order chi connectivity index (χ0) is 8.93. The van der Waals surface area contributed by atoms with Gasteiger partial charge in [-0.15, -0.1) is 0 Å². The molecule has 2 aliphatic heterocycles. The van der Waals surface area contributed by atoms with Gasteiger partial charge < -0.3 is 15.4 Å². The Balaban J connectivity index is 1.69. The molecule has 2 fully saturated rings. The van der Waals surface area contributed by atoms with E-state index in [9.17, 15) is 0 Å². The van der Waals surface area contributed by atoms with Crippen molar-refractivity contribution in [1.29, 1.82) is 0 Å². The van der Waals surface area contributed by atoms with Crippen LogP contribution in [0.5, 0.6) is 0 Å². The fourth-order valence-electron chi connectivity index (χ4n) is 2.26. The average Bonchev–Trinajstić information content (AvgIpc) is 2.21. The Bertz CT molecular complexity index is 124. The van der Waals surface area contributed by atoms with Crippen LogP contribution in [0.3, 0.4) is 0 Å². The van der Waals surface area contributed by atoms with Gasteiger partial charge in [-0.3, -0.25) is 0 Å². The van der Waals surface area contributed by atoms with E-state index in [1.54, 1.807) is 0 Å². The molecule has 2 rings (SSSR count). The molecule has 0 amide bonds. The Morgan fingerprint density at radius 2 is 2.00 bits per heavy atom. The SMILES string of the molecule is C1CN[C@H](CC2CCOCC2)CN1. The maximum Gasteiger partial charge on any atom is 0.0468 e. The second-order valence-corrected chi connectivity index (χ2v) is 4.15. The molecule has 0 aromatic carbocycles. The normalized spacial score (nSPS) is 31.8. The third-order valence-electron chi connectivity index (χ3n) is 3.08. The van der Waals surface area contributed by atoms with Crippen molar-refractivity contribution in [2.24, 2.45) is 5.92 Å². The van der Waals surface area contributed by atoms with Gasteiger partial charge >= 0.3 is 0 Å². The Hall–Kier alpha value is -0.120. The average molecular weight is 184 g/mol. The molecule has 0 unspecified atom stereocenters. The fraction of sp³-hybridized carbons (Fsp3) is 1.00. The van der Waals surface area contributed by atoms with E-state index in [2.05, 4.69) is 10.6 Å². The molecule has 2 N–H and O–H groups in total. The predicted octanol–water partition coefficient (Wildman–Crippen LogP) is 0.364. The molecule has 0 aliphatic carbocycles. The largest absolute Gasteiger partial charge is 0.381 e. The van der Waals surface area contributed by atoms with Crippen molar-refractivity contribution in [2.45, 2.75) is 25.3 Å².